The molecule has 5 aromatic carbocycles. The van der Waals surface area contributed by atoms with E-state index < -0.39 is 5.60 Å². The molecular formula is C44H45NO6. The first kappa shape index (κ1) is 33.0. The van der Waals surface area contributed by atoms with Crippen LogP contribution >= 0.6 is 0 Å². The maximum absolute atomic E-state index is 7.60. The maximum Gasteiger partial charge on any atom is 0.178 e. The molecule has 0 amide bonds. The molecule has 262 valence electrons. The molecule has 0 bridgehead atoms. The molecule has 51 heavy (non-hydrogen) atoms. The molecule has 7 nitrogen and oxygen atoms in total. The molecule has 3 aliphatic rings. The van der Waals surface area contributed by atoms with Gasteiger partial charge in [0.1, 0.15) is 28.7 Å². The minimum Gasteiger partial charge on any atom is -0.497 e. The average Bonchev–Trinajstić information content (AvgIpc) is 3.51. The molecule has 2 heterocycles. The Kier molecular flexibility index (Phi) is 8.34. The van der Waals surface area contributed by atoms with Crippen molar-refractivity contribution in [3.05, 3.63) is 113 Å². The molecule has 0 aromatic heterocycles. The molecule has 1 aliphatic carbocycles. The van der Waals surface area contributed by atoms with E-state index in [1.54, 1.807) is 28.4 Å². The van der Waals surface area contributed by atoms with Crippen molar-refractivity contribution in [2.75, 3.05) is 59.6 Å². The van der Waals surface area contributed by atoms with E-state index >= 15 is 0 Å². The molecule has 0 N–H and O–H groups in total. The fourth-order valence-electron chi connectivity index (χ4n) is 8.72. The van der Waals surface area contributed by atoms with Crippen LogP contribution in [0.2, 0.25) is 0 Å². The van der Waals surface area contributed by atoms with Gasteiger partial charge < -0.3 is 33.3 Å². The van der Waals surface area contributed by atoms with Crippen LogP contribution < -0.4 is 28.6 Å². The van der Waals surface area contributed by atoms with Crippen LogP contribution in [0.5, 0.6) is 28.7 Å². The van der Waals surface area contributed by atoms with Gasteiger partial charge in [0.2, 0.25) is 0 Å². The SMILES string of the molecule is CCC1(CC)c2c(OC)cc(OC)cc2-c2c1c1c(c3cc(OC)ccc23)OC(c2ccc(OC)cc2)(c2ccc(N3CCOCC3)cc2)C=C1. The third kappa shape index (κ3) is 4.96. The first-order valence-electron chi connectivity index (χ1n) is 17.9. The Balaban J connectivity index is 1.41. The molecule has 1 fully saturated rings. The van der Waals surface area contributed by atoms with Crippen LogP contribution in [0.4, 0.5) is 5.69 Å². The highest BCUT2D eigenvalue weighted by molar-refractivity contribution is 6.09. The van der Waals surface area contributed by atoms with Crippen molar-refractivity contribution >= 4 is 22.5 Å². The Hall–Kier alpha value is -5.14. The summed E-state index contributed by atoms with van der Waals surface area (Å²) in [5.74, 6) is 4.01. The Morgan fingerprint density at radius 2 is 1.31 bits per heavy atom. The molecule has 1 unspecified atom stereocenters. The molecule has 8 rings (SSSR count). The topological polar surface area (TPSA) is 58.6 Å². The minimum absolute atomic E-state index is 0.311. The highest BCUT2D eigenvalue weighted by Gasteiger charge is 2.48. The number of anilines is 1. The van der Waals surface area contributed by atoms with Gasteiger partial charge in [-0.3, -0.25) is 0 Å². The normalized spacial score (nSPS) is 18.4. The summed E-state index contributed by atoms with van der Waals surface area (Å²) in [4.78, 5) is 2.37. The lowest BCUT2D eigenvalue weighted by Crippen LogP contribution is -2.37. The Morgan fingerprint density at radius 1 is 0.667 bits per heavy atom. The van der Waals surface area contributed by atoms with Gasteiger partial charge in [-0.15, -0.1) is 0 Å². The second kappa shape index (κ2) is 12.9. The molecule has 0 spiro atoms. The zero-order valence-corrected chi connectivity index (χ0v) is 30.3. The van der Waals surface area contributed by atoms with Crippen molar-refractivity contribution in [3.8, 4) is 39.9 Å². The van der Waals surface area contributed by atoms with E-state index in [-0.39, 0.29) is 5.41 Å². The molecular weight excluding hydrogens is 638 g/mol. The van der Waals surface area contributed by atoms with Gasteiger partial charge in [-0.2, -0.15) is 0 Å². The number of rotatable bonds is 9. The molecule has 7 heteroatoms. The van der Waals surface area contributed by atoms with E-state index in [1.165, 1.54) is 22.4 Å². The molecule has 1 saturated heterocycles. The Labute approximate surface area is 300 Å². The van der Waals surface area contributed by atoms with Crippen molar-refractivity contribution in [3.63, 3.8) is 0 Å². The summed E-state index contributed by atoms with van der Waals surface area (Å²) < 4.78 is 36.6. The largest absolute Gasteiger partial charge is 0.497 e. The zero-order chi connectivity index (χ0) is 35.3. The second-order valence-electron chi connectivity index (χ2n) is 13.5. The fourth-order valence-corrected chi connectivity index (χ4v) is 8.72. The average molecular weight is 684 g/mol. The van der Waals surface area contributed by atoms with Gasteiger partial charge in [0, 0.05) is 57.9 Å². The Bertz CT molecular complexity index is 2130. The number of hydrogen-bond acceptors (Lipinski definition) is 7. The highest BCUT2D eigenvalue weighted by Crippen LogP contribution is 2.63. The van der Waals surface area contributed by atoms with Crippen LogP contribution in [-0.4, -0.2) is 54.7 Å². The lowest BCUT2D eigenvalue weighted by Gasteiger charge is -2.39. The number of ether oxygens (including phenoxy) is 6. The number of nitrogens with zero attached hydrogens (tertiary/aromatic N) is 1. The molecule has 0 saturated carbocycles. The first-order chi connectivity index (χ1) is 24.9. The summed E-state index contributed by atoms with van der Waals surface area (Å²) in [5, 5.41) is 2.09. The van der Waals surface area contributed by atoms with Crippen LogP contribution in [0.1, 0.15) is 54.5 Å². The second-order valence-corrected chi connectivity index (χ2v) is 13.5. The van der Waals surface area contributed by atoms with E-state index in [1.807, 2.05) is 24.3 Å². The van der Waals surface area contributed by atoms with E-state index in [0.717, 1.165) is 101 Å². The van der Waals surface area contributed by atoms with Crippen molar-refractivity contribution < 1.29 is 28.4 Å². The van der Waals surface area contributed by atoms with Gasteiger partial charge in [0.25, 0.3) is 0 Å². The molecule has 2 aliphatic heterocycles. The number of hydrogen-bond donors (Lipinski definition) is 0. The zero-order valence-electron chi connectivity index (χ0n) is 30.3. The quantitative estimate of drug-likeness (QED) is 0.154. The van der Waals surface area contributed by atoms with E-state index in [9.17, 15) is 0 Å². The summed E-state index contributed by atoms with van der Waals surface area (Å²) in [7, 11) is 6.87. The predicted molar refractivity (Wildman–Crippen MR) is 203 cm³/mol. The Morgan fingerprint density at radius 3 is 1.94 bits per heavy atom. The number of benzene rings is 5. The van der Waals surface area contributed by atoms with Crippen molar-refractivity contribution in [1.29, 1.82) is 0 Å². The van der Waals surface area contributed by atoms with Crippen molar-refractivity contribution in [2.45, 2.75) is 37.7 Å². The predicted octanol–water partition coefficient (Wildman–Crippen LogP) is 9.15. The third-order valence-corrected chi connectivity index (χ3v) is 11.4. The molecule has 1 atom stereocenters. The van der Waals surface area contributed by atoms with Gasteiger partial charge in [0.05, 0.1) is 41.7 Å². The molecule has 0 radical (unpaired) electrons. The summed E-state index contributed by atoms with van der Waals surface area (Å²) >= 11 is 0. The smallest absolute Gasteiger partial charge is 0.178 e. The number of fused-ring (bicyclic) bond motifs is 8. The van der Waals surface area contributed by atoms with Gasteiger partial charge in [-0.1, -0.05) is 44.2 Å². The summed E-state index contributed by atoms with van der Waals surface area (Å²) in [5.41, 5.74) is 7.89. The highest BCUT2D eigenvalue weighted by atomic mass is 16.5. The lowest BCUT2D eigenvalue weighted by molar-refractivity contribution is 0.122. The van der Waals surface area contributed by atoms with E-state index in [4.69, 9.17) is 28.4 Å². The van der Waals surface area contributed by atoms with Crippen molar-refractivity contribution in [2.24, 2.45) is 0 Å². The molecule has 5 aromatic rings. The summed E-state index contributed by atoms with van der Waals surface area (Å²) in [6.45, 7) is 7.78. The van der Waals surface area contributed by atoms with Gasteiger partial charge in [-0.25, -0.2) is 0 Å². The first-order valence-corrected chi connectivity index (χ1v) is 17.9. The van der Waals surface area contributed by atoms with Gasteiger partial charge in [-0.05, 0) is 89.5 Å². The standard InChI is InChI=1S/C44H45NO6/c1-7-43(8-2)40-37(26-33(48-5)27-38(40)49-6)39-34-18-17-32(47-4)25-36(34)42-35(41(39)43)19-20-44(51-42,29-11-15-31(46-3)16-12-29)28-9-13-30(14-10-28)45-21-23-50-24-22-45/h9-20,25-27H,7-8,21-24H2,1-6H3. The number of methoxy groups -OCH3 is 4. The summed E-state index contributed by atoms with van der Waals surface area (Å²) in [6.07, 6.45) is 6.32. The van der Waals surface area contributed by atoms with Crippen LogP contribution in [0.15, 0.2) is 84.9 Å². The van der Waals surface area contributed by atoms with Gasteiger partial charge >= 0.3 is 0 Å². The monoisotopic (exact) mass is 683 g/mol. The van der Waals surface area contributed by atoms with Crippen molar-refractivity contribution in [1.82, 2.24) is 0 Å². The lowest BCUT2D eigenvalue weighted by atomic mass is 9.70. The van der Waals surface area contributed by atoms with Crippen LogP contribution in [-0.2, 0) is 15.8 Å². The fraction of sp³-hybridized carbons (Fsp3) is 0.318. The van der Waals surface area contributed by atoms with E-state index in [2.05, 4.69) is 85.5 Å². The van der Waals surface area contributed by atoms with Crippen LogP contribution in [0, 0.1) is 0 Å². The maximum atomic E-state index is 7.60. The minimum atomic E-state index is -0.916. The number of morpholine rings is 1. The van der Waals surface area contributed by atoms with Crippen LogP contribution in [0.25, 0.3) is 28.0 Å². The summed E-state index contributed by atoms with van der Waals surface area (Å²) in [6, 6.07) is 27.6. The third-order valence-electron chi connectivity index (χ3n) is 11.4. The van der Waals surface area contributed by atoms with E-state index in [0.29, 0.717) is 0 Å². The van der Waals surface area contributed by atoms with Gasteiger partial charge in [0.15, 0.2) is 5.60 Å². The van der Waals surface area contributed by atoms with Crippen LogP contribution in [0.3, 0.4) is 0 Å².